The van der Waals surface area contributed by atoms with E-state index in [0.29, 0.717) is 38.3 Å². The topological polar surface area (TPSA) is 370 Å². The molecular weight excluding hydrogens is 768 g/mol. The van der Waals surface area contributed by atoms with Crippen molar-refractivity contribution in [1.29, 1.82) is 0 Å². The molecule has 0 aromatic heterocycles. The Bertz CT molecular complexity index is 1110. The van der Waals surface area contributed by atoms with Gasteiger partial charge in [0.25, 0.3) is 0 Å². The number of hydrogen-bond donors (Lipinski definition) is 6. The molecule has 0 radical (unpaired) electrons. The van der Waals surface area contributed by atoms with Crippen molar-refractivity contribution in [3.63, 3.8) is 0 Å². The third-order valence-corrected chi connectivity index (χ3v) is 4.32. The monoisotopic (exact) mass is 795 g/mol. The summed E-state index contributed by atoms with van der Waals surface area (Å²) < 4.78 is 177. The summed E-state index contributed by atoms with van der Waals surface area (Å²) in [6.45, 7) is 2.83. The Balaban J connectivity index is -0.0000000788. The molecule has 0 fully saturated rings. The van der Waals surface area contributed by atoms with Gasteiger partial charge in [-0.05, 0) is 17.7 Å². The quantitative estimate of drug-likeness (QED) is 0.109. The van der Waals surface area contributed by atoms with Crippen molar-refractivity contribution in [2.45, 2.75) is 23.1 Å². The van der Waals surface area contributed by atoms with Crippen LogP contribution in [0.1, 0.15) is 15.9 Å². The summed E-state index contributed by atoms with van der Waals surface area (Å²) >= 11 is 0. The minimum atomic E-state index is -6.09. The summed E-state index contributed by atoms with van der Waals surface area (Å²) in [5.74, 6) is -0.909. The third-order valence-electron chi connectivity index (χ3n) is 2.62. The molecule has 0 amide bonds. The molecule has 1 aromatic rings. The molecule has 0 spiro atoms. The van der Waals surface area contributed by atoms with Crippen molar-refractivity contribution in [3.8, 4) is 0 Å². The summed E-state index contributed by atoms with van der Waals surface area (Å²) in [4.78, 5) is 10.4. The second kappa shape index (κ2) is 26.2. The molecule has 30 heteroatoms. The minimum absolute atomic E-state index is 0. The third kappa shape index (κ3) is 36.4. The first kappa shape index (κ1) is 58.6. The van der Waals surface area contributed by atoms with Crippen molar-refractivity contribution in [2.24, 2.45) is 28.7 Å². The van der Waals surface area contributed by atoms with Gasteiger partial charge >= 0.3 is 39.3 Å². The Hall–Kier alpha value is -1.94. The fraction of sp³-hybridized carbons (Fsp3) is 0.533. The first-order valence-electron chi connectivity index (χ1n) is 9.71. The van der Waals surface area contributed by atoms with Gasteiger partial charge in [-0.15, -0.1) is 0 Å². The summed E-state index contributed by atoms with van der Waals surface area (Å²) in [6, 6.07) is 6.52. The number of benzene rings is 1. The molecule has 45 heavy (non-hydrogen) atoms. The average Bonchev–Trinajstić information content (AvgIpc) is 2.82. The molecule has 0 saturated heterocycles. The molecular formula is C15H27CoF9N5O12S3. The zero-order chi connectivity index (χ0) is 36.1. The zero-order valence-electron chi connectivity index (χ0n) is 21.7. The van der Waals surface area contributed by atoms with E-state index >= 15 is 0 Å². The van der Waals surface area contributed by atoms with E-state index in [9.17, 15) is 44.3 Å². The van der Waals surface area contributed by atoms with E-state index in [4.69, 9.17) is 72.7 Å². The second-order valence-electron chi connectivity index (χ2n) is 6.06. The molecule has 0 atom stereocenters. The largest absolute Gasteiger partial charge is 3.00 e. The van der Waals surface area contributed by atoms with Crippen LogP contribution in [0.5, 0.6) is 0 Å². The van der Waals surface area contributed by atoms with E-state index in [1.54, 1.807) is 24.3 Å². The summed E-state index contributed by atoms with van der Waals surface area (Å²) in [7, 11) is -18.3. The van der Waals surface area contributed by atoms with E-state index in [2.05, 4.69) is 0 Å². The maximum atomic E-state index is 10.7. The molecule has 0 aliphatic heterocycles. The van der Waals surface area contributed by atoms with Crippen molar-refractivity contribution in [1.82, 2.24) is 0 Å². The van der Waals surface area contributed by atoms with Gasteiger partial charge in [0, 0.05) is 32.7 Å². The fourth-order valence-electron chi connectivity index (χ4n) is 0.783. The molecule has 0 bridgehead atoms. The van der Waals surface area contributed by atoms with Crippen LogP contribution in [-0.4, -0.2) is 98.2 Å². The van der Waals surface area contributed by atoms with E-state index in [0.717, 1.165) is 5.56 Å². The Morgan fingerprint density at radius 3 is 0.867 bits per heavy atom. The van der Waals surface area contributed by atoms with Crippen LogP contribution < -0.4 is 28.7 Å². The average molecular weight is 796 g/mol. The minimum Gasteiger partial charge on any atom is -0.741 e. The maximum absolute atomic E-state index is 10.7. The normalized spacial score (nSPS) is 11.1. The smallest absolute Gasteiger partial charge is 0.741 e. The fourth-order valence-corrected chi connectivity index (χ4v) is 0.783. The van der Waals surface area contributed by atoms with Gasteiger partial charge < -0.3 is 52.9 Å². The Morgan fingerprint density at radius 1 is 0.600 bits per heavy atom. The molecule has 1 rings (SSSR count). The number of hydrogen-bond acceptors (Lipinski definition) is 15. The number of carboxylic acid groups (broad SMARTS) is 1. The number of alkyl halides is 9. The van der Waals surface area contributed by atoms with Crippen LogP contribution >= 0.6 is 0 Å². The molecule has 274 valence electrons. The molecule has 13 N–H and O–H groups in total. The first-order chi connectivity index (χ1) is 18.8. The number of carbonyl (C=O) groups is 1. The second-order valence-corrected chi connectivity index (χ2v) is 10.2. The summed E-state index contributed by atoms with van der Waals surface area (Å²) in [5.41, 5.74) is 9.24. The molecule has 0 aliphatic rings. The van der Waals surface area contributed by atoms with Crippen LogP contribution in [0.2, 0.25) is 0 Å². The predicted molar refractivity (Wildman–Crippen MR) is 128 cm³/mol. The van der Waals surface area contributed by atoms with E-state index in [1.165, 1.54) is 0 Å². The Morgan fingerprint density at radius 2 is 0.778 bits per heavy atom. The first-order valence-corrected chi connectivity index (χ1v) is 13.9. The number of rotatable bonds is 4. The van der Waals surface area contributed by atoms with Crippen LogP contribution in [-0.2, 0) is 53.7 Å². The van der Waals surface area contributed by atoms with Crippen LogP contribution in [0.3, 0.4) is 0 Å². The Labute approximate surface area is 260 Å². The number of carboxylic acids is 1. The van der Waals surface area contributed by atoms with Gasteiger partial charge in [0.1, 0.15) is 0 Å². The number of aromatic carboxylic acids is 1. The van der Waals surface area contributed by atoms with E-state index in [1.807, 2.05) is 0 Å². The molecule has 17 nitrogen and oxygen atoms in total. The van der Waals surface area contributed by atoms with Gasteiger partial charge in [-0.3, -0.25) is 0 Å². The molecule has 1 aromatic carbocycles. The Kier molecular flexibility index (Phi) is 34.1. The van der Waals surface area contributed by atoms with Gasteiger partial charge in [0.15, 0.2) is 30.4 Å². The SMILES string of the molecule is NCCN.NCCN.NCc1ccc(C(=O)O)cc1.O.O=S(=O)([O-])C(F)(F)F.O=S(=O)([O-])C(F)(F)F.O=S(=O)([O-])C(F)(F)F.[Co+3]. The van der Waals surface area contributed by atoms with Crippen LogP contribution in [0.15, 0.2) is 24.3 Å². The van der Waals surface area contributed by atoms with Crippen LogP contribution in [0.4, 0.5) is 39.5 Å². The molecule has 0 unspecified atom stereocenters. The zero-order valence-corrected chi connectivity index (χ0v) is 25.2. The predicted octanol–water partition coefficient (Wildman–Crippen LogP) is -2.02. The molecule has 0 aliphatic carbocycles. The van der Waals surface area contributed by atoms with Gasteiger partial charge in [-0.1, -0.05) is 12.1 Å². The maximum Gasteiger partial charge on any atom is 3.00 e. The molecule has 0 saturated carbocycles. The summed E-state index contributed by atoms with van der Waals surface area (Å²) in [5, 5.41) is 8.52. The molecule has 0 heterocycles. The van der Waals surface area contributed by atoms with Crippen molar-refractivity contribution in [3.05, 3.63) is 35.4 Å². The summed E-state index contributed by atoms with van der Waals surface area (Å²) in [6.07, 6.45) is 0. The van der Waals surface area contributed by atoms with Crippen LogP contribution in [0.25, 0.3) is 0 Å². The van der Waals surface area contributed by atoms with Gasteiger partial charge in [0.05, 0.1) is 5.56 Å². The van der Waals surface area contributed by atoms with Crippen LogP contribution in [0, 0.1) is 0 Å². The van der Waals surface area contributed by atoms with E-state index in [-0.39, 0.29) is 22.3 Å². The standard InChI is InChI=1S/C8H9NO2.2C2H8N2.3CHF3O3S.Co.H2O/c9-5-6-1-3-7(4-2-6)8(10)11;2*3-1-2-4;3*2-1(3,4)8(5,6)7;;/h1-4H,5,9H2,(H,10,11);2*1-4H2;3*(H,5,6,7);;1H2/q;;;;;;+3;/p-3. The van der Waals surface area contributed by atoms with Crippen molar-refractivity contribution < 1.29 is 111 Å². The number of nitrogens with two attached hydrogens (primary N) is 5. The van der Waals surface area contributed by atoms with Gasteiger partial charge in [-0.25, -0.2) is 30.0 Å². The van der Waals surface area contributed by atoms with Crippen molar-refractivity contribution in [2.75, 3.05) is 26.2 Å². The number of halogens is 9. The van der Waals surface area contributed by atoms with Gasteiger partial charge in [-0.2, -0.15) is 39.5 Å². The van der Waals surface area contributed by atoms with E-state index < -0.39 is 52.8 Å². The van der Waals surface area contributed by atoms with Crippen molar-refractivity contribution >= 4 is 36.3 Å². The van der Waals surface area contributed by atoms with Gasteiger partial charge in [0.2, 0.25) is 0 Å².